The molecule has 0 spiro atoms. The summed E-state index contributed by atoms with van der Waals surface area (Å²) in [6.45, 7) is 0. The summed E-state index contributed by atoms with van der Waals surface area (Å²) in [4.78, 5) is 21.3. The van der Waals surface area contributed by atoms with Crippen molar-refractivity contribution in [2.75, 3.05) is 0 Å². The smallest absolute Gasteiger partial charge is 0.339 e. The summed E-state index contributed by atoms with van der Waals surface area (Å²) in [5.41, 5.74) is -0.777. The van der Waals surface area contributed by atoms with E-state index in [0.717, 1.165) is 15.7 Å². The highest BCUT2D eigenvalue weighted by atomic mass is 127. The highest BCUT2D eigenvalue weighted by Gasteiger charge is 2.22. The molecule has 0 radical (unpaired) electrons. The fourth-order valence-electron chi connectivity index (χ4n) is 1.60. The van der Waals surface area contributed by atoms with Gasteiger partial charge in [-0.1, -0.05) is 17.7 Å². The Kier molecular flexibility index (Phi) is 4.63. The molecule has 0 fully saturated rings. The van der Waals surface area contributed by atoms with E-state index in [-0.39, 0.29) is 16.3 Å². The zero-order valence-corrected chi connectivity index (χ0v) is 13.2. The van der Waals surface area contributed by atoms with E-state index in [2.05, 4.69) is 22.6 Å². The molecule has 0 amide bonds. The van der Waals surface area contributed by atoms with Gasteiger partial charge >= 0.3 is 5.97 Å². The van der Waals surface area contributed by atoms with Gasteiger partial charge in [0.15, 0.2) is 5.75 Å². The molecule has 6 nitrogen and oxygen atoms in total. The number of halogens is 2. The van der Waals surface area contributed by atoms with Crippen molar-refractivity contribution in [1.82, 2.24) is 0 Å². The lowest BCUT2D eigenvalue weighted by Crippen LogP contribution is -2.02. The SMILES string of the molecule is O=C(O)c1cc([N+](=O)[O-])cc(Cl)c1Oc1cccc(I)c1. The Hall–Kier alpha value is -1.87. The van der Waals surface area contributed by atoms with Gasteiger partial charge in [0.05, 0.1) is 9.95 Å². The van der Waals surface area contributed by atoms with Gasteiger partial charge in [0.25, 0.3) is 5.69 Å². The van der Waals surface area contributed by atoms with Crippen LogP contribution in [0.3, 0.4) is 0 Å². The number of non-ortho nitro benzene ring substituents is 1. The topological polar surface area (TPSA) is 89.7 Å². The standard InChI is InChI=1S/C13H7ClINO5/c14-11-6-8(16(19)20)5-10(13(17)18)12(11)21-9-3-1-2-7(15)4-9/h1-6H,(H,17,18). The fraction of sp³-hybridized carbons (Fsp3) is 0. The Morgan fingerprint density at radius 2 is 2.05 bits per heavy atom. The van der Waals surface area contributed by atoms with Gasteiger partial charge in [0, 0.05) is 15.7 Å². The molecule has 0 aliphatic heterocycles. The summed E-state index contributed by atoms with van der Waals surface area (Å²) < 4.78 is 6.37. The summed E-state index contributed by atoms with van der Waals surface area (Å²) in [5, 5.41) is 19.8. The molecule has 0 saturated heterocycles. The van der Waals surface area contributed by atoms with Gasteiger partial charge in [-0.2, -0.15) is 0 Å². The molecule has 2 aromatic rings. The molecule has 0 aliphatic carbocycles. The number of hydrogen-bond donors (Lipinski definition) is 1. The summed E-state index contributed by atoms with van der Waals surface area (Å²) in [7, 11) is 0. The summed E-state index contributed by atoms with van der Waals surface area (Å²) >= 11 is 7.99. The molecule has 8 heteroatoms. The number of aromatic carboxylic acids is 1. The highest BCUT2D eigenvalue weighted by Crippen LogP contribution is 2.36. The lowest BCUT2D eigenvalue weighted by Gasteiger charge is -2.10. The zero-order chi connectivity index (χ0) is 15.6. The molecule has 0 bridgehead atoms. The number of carboxylic acid groups (broad SMARTS) is 1. The van der Waals surface area contributed by atoms with E-state index in [1.807, 2.05) is 6.07 Å². The first-order chi connectivity index (χ1) is 9.88. The number of carboxylic acids is 1. The van der Waals surface area contributed by atoms with Gasteiger partial charge in [0.2, 0.25) is 0 Å². The zero-order valence-electron chi connectivity index (χ0n) is 10.2. The van der Waals surface area contributed by atoms with E-state index < -0.39 is 16.6 Å². The van der Waals surface area contributed by atoms with Gasteiger partial charge in [-0.05, 0) is 40.8 Å². The van der Waals surface area contributed by atoms with Crippen molar-refractivity contribution in [1.29, 1.82) is 0 Å². The maximum absolute atomic E-state index is 11.2. The van der Waals surface area contributed by atoms with Crippen molar-refractivity contribution in [3.05, 3.63) is 60.7 Å². The van der Waals surface area contributed by atoms with Crippen LogP contribution in [-0.2, 0) is 0 Å². The first kappa shape index (κ1) is 15.5. The number of rotatable bonds is 4. The molecule has 0 unspecified atom stereocenters. The summed E-state index contributed by atoms with van der Waals surface area (Å²) in [5.74, 6) is -1.10. The molecule has 1 N–H and O–H groups in total. The van der Waals surface area contributed by atoms with Crippen LogP contribution in [0.25, 0.3) is 0 Å². The molecule has 0 heterocycles. The Morgan fingerprint density at radius 3 is 2.62 bits per heavy atom. The van der Waals surface area contributed by atoms with E-state index in [1.54, 1.807) is 18.2 Å². The molecular formula is C13H7ClINO5. The number of ether oxygens (including phenoxy) is 1. The van der Waals surface area contributed by atoms with Crippen LogP contribution in [0, 0.1) is 13.7 Å². The third kappa shape index (κ3) is 3.61. The molecule has 2 aromatic carbocycles. The Balaban J connectivity index is 2.52. The third-order valence-electron chi connectivity index (χ3n) is 2.49. The van der Waals surface area contributed by atoms with Crippen LogP contribution in [0.15, 0.2) is 36.4 Å². The molecular weight excluding hydrogens is 413 g/mol. The van der Waals surface area contributed by atoms with Gasteiger partial charge < -0.3 is 9.84 Å². The van der Waals surface area contributed by atoms with Gasteiger partial charge in [-0.15, -0.1) is 0 Å². The fourth-order valence-corrected chi connectivity index (χ4v) is 2.36. The molecule has 108 valence electrons. The first-order valence-electron chi connectivity index (χ1n) is 5.53. The maximum atomic E-state index is 11.2. The normalized spacial score (nSPS) is 10.2. The van der Waals surface area contributed by atoms with E-state index >= 15 is 0 Å². The second kappa shape index (κ2) is 6.27. The van der Waals surface area contributed by atoms with Gasteiger partial charge in [-0.25, -0.2) is 4.79 Å². The van der Waals surface area contributed by atoms with Crippen molar-refractivity contribution in [2.45, 2.75) is 0 Å². The third-order valence-corrected chi connectivity index (χ3v) is 3.44. The number of nitro groups is 1. The minimum atomic E-state index is -1.36. The van der Waals surface area contributed by atoms with Gasteiger partial charge in [-0.3, -0.25) is 10.1 Å². The monoisotopic (exact) mass is 419 g/mol. The number of benzene rings is 2. The van der Waals surface area contributed by atoms with Crippen LogP contribution >= 0.6 is 34.2 Å². The number of nitro benzene ring substituents is 1. The van der Waals surface area contributed by atoms with Crippen LogP contribution in [0.4, 0.5) is 5.69 Å². The largest absolute Gasteiger partial charge is 0.478 e. The Bertz CT molecular complexity index is 734. The molecule has 21 heavy (non-hydrogen) atoms. The Morgan fingerprint density at radius 1 is 1.33 bits per heavy atom. The average molecular weight is 420 g/mol. The van der Waals surface area contributed by atoms with E-state index in [0.29, 0.717) is 5.75 Å². The van der Waals surface area contributed by atoms with Crippen LogP contribution in [0.2, 0.25) is 5.02 Å². The molecule has 0 aliphatic rings. The van der Waals surface area contributed by atoms with E-state index in [1.165, 1.54) is 0 Å². The highest BCUT2D eigenvalue weighted by molar-refractivity contribution is 14.1. The second-order valence-electron chi connectivity index (χ2n) is 3.93. The molecule has 0 atom stereocenters. The lowest BCUT2D eigenvalue weighted by molar-refractivity contribution is -0.384. The minimum Gasteiger partial charge on any atom is -0.478 e. The quantitative estimate of drug-likeness (QED) is 0.452. The maximum Gasteiger partial charge on any atom is 0.339 e. The molecule has 0 aromatic heterocycles. The van der Waals surface area contributed by atoms with Crippen LogP contribution in [-0.4, -0.2) is 16.0 Å². The lowest BCUT2D eigenvalue weighted by atomic mass is 10.1. The van der Waals surface area contributed by atoms with Gasteiger partial charge in [0.1, 0.15) is 11.3 Å². The van der Waals surface area contributed by atoms with Crippen molar-refractivity contribution in [3.8, 4) is 11.5 Å². The van der Waals surface area contributed by atoms with Crippen molar-refractivity contribution < 1.29 is 19.6 Å². The summed E-state index contributed by atoms with van der Waals surface area (Å²) in [6.07, 6.45) is 0. The first-order valence-corrected chi connectivity index (χ1v) is 6.99. The molecule has 2 rings (SSSR count). The number of carbonyl (C=O) groups is 1. The molecule has 0 saturated carbocycles. The van der Waals surface area contributed by atoms with E-state index in [4.69, 9.17) is 21.4 Å². The van der Waals surface area contributed by atoms with Crippen LogP contribution < -0.4 is 4.74 Å². The minimum absolute atomic E-state index is 0.128. The van der Waals surface area contributed by atoms with Crippen molar-refractivity contribution >= 4 is 45.8 Å². The second-order valence-corrected chi connectivity index (χ2v) is 5.58. The van der Waals surface area contributed by atoms with E-state index in [9.17, 15) is 14.9 Å². The summed E-state index contributed by atoms with van der Waals surface area (Å²) in [6, 6.07) is 8.85. The number of hydrogen-bond acceptors (Lipinski definition) is 4. The van der Waals surface area contributed by atoms with Crippen molar-refractivity contribution in [2.24, 2.45) is 0 Å². The van der Waals surface area contributed by atoms with Crippen molar-refractivity contribution in [3.63, 3.8) is 0 Å². The predicted octanol–water partition coefficient (Wildman–Crippen LogP) is 4.34. The Labute approximate surface area is 137 Å². The number of nitrogens with zero attached hydrogens (tertiary/aromatic N) is 1. The van der Waals surface area contributed by atoms with Crippen LogP contribution in [0.5, 0.6) is 11.5 Å². The average Bonchev–Trinajstić information content (AvgIpc) is 2.40. The van der Waals surface area contributed by atoms with Crippen LogP contribution in [0.1, 0.15) is 10.4 Å². The predicted molar refractivity (Wildman–Crippen MR) is 84.3 cm³/mol.